The van der Waals surface area contributed by atoms with E-state index in [9.17, 15) is 4.79 Å². The van der Waals surface area contributed by atoms with Crippen LogP contribution in [-0.2, 0) is 13.0 Å². The van der Waals surface area contributed by atoms with E-state index in [0.29, 0.717) is 18.1 Å². The summed E-state index contributed by atoms with van der Waals surface area (Å²) in [6.45, 7) is 4.03. The van der Waals surface area contributed by atoms with Crippen LogP contribution in [-0.4, -0.2) is 54.1 Å². The highest BCUT2D eigenvalue weighted by Gasteiger charge is 2.31. The van der Waals surface area contributed by atoms with Crippen molar-refractivity contribution in [1.82, 2.24) is 35.1 Å². The zero-order chi connectivity index (χ0) is 26.9. The molecule has 1 saturated heterocycles. The predicted molar refractivity (Wildman–Crippen MR) is 152 cm³/mol. The normalized spacial score (nSPS) is 13.6. The summed E-state index contributed by atoms with van der Waals surface area (Å²) in [6.07, 6.45) is 8.09. The standard InChI is InChI=1S/C28H27BrClN7O2/c1-2-3-10-22-31-26(30)25(28(38)36-12-6-7-13-36)37(22)15-20-17-11-14-39-16-21(17)24(29)23(20)18-8-4-5-9-19(18)27-32-34-35-33-27/h4-5,8-9,11,14,16H,2-3,6-7,10,12-13,15H2,1H3,(H,32,33,34,35). The van der Waals surface area contributed by atoms with Crippen LogP contribution in [0, 0.1) is 0 Å². The first-order valence-electron chi connectivity index (χ1n) is 13.1. The van der Waals surface area contributed by atoms with Gasteiger partial charge in [0.2, 0.25) is 5.82 Å². The lowest BCUT2D eigenvalue weighted by Gasteiger charge is -2.19. The molecular weight excluding hydrogens is 582 g/mol. The summed E-state index contributed by atoms with van der Waals surface area (Å²) in [5, 5.41) is 15.1. The lowest BCUT2D eigenvalue weighted by atomic mass is 9.97. The Bertz CT molecular complexity index is 1590. The van der Waals surface area contributed by atoms with Gasteiger partial charge in [0, 0.05) is 40.7 Å². The summed E-state index contributed by atoms with van der Waals surface area (Å²) in [6, 6.07) is 9.91. The molecule has 0 saturated carbocycles. The summed E-state index contributed by atoms with van der Waals surface area (Å²) < 4.78 is 8.48. The minimum absolute atomic E-state index is 0.0635. The first-order valence-corrected chi connectivity index (χ1v) is 14.3. The van der Waals surface area contributed by atoms with Crippen LogP contribution in [0.4, 0.5) is 0 Å². The molecule has 11 heteroatoms. The average molecular weight is 609 g/mol. The number of nitrogens with zero attached hydrogens (tertiary/aromatic N) is 6. The summed E-state index contributed by atoms with van der Waals surface area (Å²) in [4.78, 5) is 20.3. The molecule has 0 bridgehead atoms. The molecule has 4 heterocycles. The number of halogens is 2. The van der Waals surface area contributed by atoms with Gasteiger partial charge < -0.3 is 13.9 Å². The maximum absolute atomic E-state index is 13.7. The predicted octanol–water partition coefficient (Wildman–Crippen LogP) is 6.47. The maximum atomic E-state index is 13.7. The molecule has 3 aromatic rings. The molecule has 200 valence electrons. The van der Waals surface area contributed by atoms with E-state index in [1.807, 2.05) is 39.8 Å². The molecule has 1 fully saturated rings. The van der Waals surface area contributed by atoms with E-state index in [1.165, 1.54) is 0 Å². The molecule has 0 atom stereocenters. The Morgan fingerprint density at radius 2 is 1.92 bits per heavy atom. The van der Waals surface area contributed by atoms with Crippen molar-refractivity contribution < 1.29 is 9.21 Å². The first kappa shape index (κ1) is 25.8. The van der Waals surface area contributed by atoms with Gasteiger partial charge in [0.05, 0.1) is 19.1 Å². The largest absolute Gasteiger partial charge is 0.472 e. The molecule has 1 N–H and O–H groups in total. The minimum Gasteiger partial charge on any atom is -0.472 e. The number of nitrogens with one attached hydrogen (secondary N) is 1. The topological polar surface area (TPSA) is 106 Å². The number of aryl methyl sites for hydroxylation is 1. The van der Waals surface area contributed by atoms with Crippen molar-refractivity contribution in [2.24, 2.45) is 0 Å². The number of carbonyl (C=O) groups is 1. The fraction of sp³-hybridized carbons (Fsp3) is 0.321. The number of tetrazole rings is 1. The number of H-pyrrole nitrogens is 1. The number of aromatic nitrogens is 6. The fourth-order valence-corrected chi connectivity index (χ4v) is 6.46. The highest BCUT2D eigenvalue weighted by Crippen LogP contribution is 2.48. The van der Waals surface area contributed by atoms with Crippen molar-refractivity contribution >= 4 is 33.4 Å². The van der Waals surface area contributed by atoms with Crippen molar-refractivity contribution in [3.8, 4) is 33.6 Å². The third-order valence-electron chi connectivity index (χ3n) is 7.32. The number of unbranched alkanes of at least 4 members (excludes halogenated alkanes) is 1. The number of hydrogen-bond donors (Lipinski definition) is 1. The second-order valence-electron chi connectivity index (χ2n) is 9.69. The lowest BCUT2D eigenvalue weighted by molar-refractivity contribution is 0.0782. The number of aromatic amines is 1. The number of carbonyl (C=O) groups excluding carboxylic acids is 1. The van der Waals surface area contributed by atoms with Crippen LogP contribution in [0.2, 0.25) is 5.15 Å². The quantitative estimate of drug-likeness (QED) is 0.216. The Kier molecular flexibility index (Phi) is 7.22. The van der Waals surface area contributed by atoms with Gasteiger partial charge in [-0.25, -0.2) is 4.98 Å². The van der Waals surface area contributed by atoms with E-state index < -0.39 is 0 Å². The van der Waals surface area contributed by atoms with E-state index >= 15 is 0 Å². The number of likely N-dealkylation sites (tertiary alicyclic amines) is 1. The van der Waals surface area contributed by atoms with E-state index in [1.54, 1.807) is 12.5 Å². The van der Waals surface area contributed by atoms with Gasteiger partial charge in [-0.1, -0.05) is 49.2 Å². The van der Waals surface area contributed by atoms with E-state index in [4.69, 9.17) is 21.0 Å². The van der Waals surface area contributed by atoms with Gasteiger partial charge in [-0.15, -0.1) is 10.2 Å². The molecule has 0 unspecified atom stereocenters. The molecule has 3 aliphatic rings. The molecule has 0 radical (unpaired) electrons. The number of imidazole rings is 1. The first-order chi connectivity index (χ1) is 19.1. The zero-order valence-electron chi connectivity index (χ0n) is 21.5. The Morgan fingerprint density at radius 3 is 2.67 bits per heavy atom. The second-order valence-corrected chi connectivity index (χ2v) is 10.8. The lowest BCUT2D eigenvalue weighted by Crippen LogP contribution is -2.30. The number of fused-ring (bicyclic) bond motifs is 1. The van der Waals surface area contributed by atoms with Crippen LogP contribution < -0.4 is 0 Å². The summed E-state index contributed by atoms with van der Waals surface area (Å²) in [7, 11) is 0. The molecule has 0 spiro atoms. The number of rotatable bonds is 8. The van der Waals surface area contributed by atoms with Crippen LogP contribution in [0.15, 0.2) is 51.7 Å². The molecule has 1 aliphatic carbocycles. The van der Waals surface area contributed by atoms with Crippen LogP contribution in [0.1, 0.15) is 54.5 Å². The molecule has 1 aromatic carbocycles. The monoisotopic (exact) mass is 607 g/mol. The van der Waals surface area contributed by atoms with Crippen LogP contribution in [0.25, 0.3) is 33.6 Å². The fourth-order valence-electron chi connectivity index (χ4n) is 5.41. The van der Waals surface area contributed by atoms with Crippen LogP contribution in [0.3, 0.4) is 0 Å². The highest BCUT2D eigenvalue weighted by molar-refractivity contribution is 9.10. The number of hydrogen-bond acceptors (Lipinski definition) is 6. The maximum Gasteiger partial charge on any atom is 0.273 e. The van der Waals surface area contributed by atoms with Crippen molar-refractivity contribution in [3.05, 3.63) is 69.6 Å². The van der Waals surface area contributed by atoms with Crippen molar-refractivity contribution in [2.45, 2.75) is 45.6 Å². The molecule has 2 aromatic heterocycles. The third kappa shape index (κ3) is 4.65. The van der Waals surface area contributed by atoms with E-state index in [-0.39, 0.29) is 11.1 Å². The van der Waals surface area contributed by atoms with Gasteiger partial charge in [-0.05, 0) is 63.2 Å². The Morgan fingerprint density at radius 1 is 1.13 bits per heavy atom. The zero-order valence-corrected chi connectivity index (χ0v) is 23.8. The van der Waals surface area contributed by atoms with Crippen molar-refractivity contribution in [2.75, 3.05) is 13.1 Å². The number of amides is 1. The van der Waals surface area contributed by atoms with Gasteiger partial charge in [-0.3, -0.25) is 4.79 Å². The van der Waals surface area contributed by atoms with Gasteiger partial charge in [0.1, 0.15) is 11.5 Å². The Hall–Kier alpha value is -3.50. The van der Waals surface area contributed by atoms with Gasteiger partial charge in [0.15, 0.2) is 5.15 Å². The van der Waals surface area contributed by atoms with Crippen molar-refractivity contribution in [1.29, 1.82) is 0 Å². The number of benzene rings is 1. The Labute approximate surface area is 239 Å². The SMILES string of the molecule is CCCCc1nc(Cl)c(C(=O)N2CCCC2)n1Cc1c2ccocc-2c(Br)c1-c1ccccc1-c1nn[nH]n1. The average Bonchev–Trinajstić information content (AvgIpc) is 3.76. The minimum atomic E-state index is -0.0635. The summed E-state index contributed by atoms with van der Waals surface area (Å²) in [5.41, 5.74) is 6.15. The summed E-state index contributed by atoms with van der Waals surface area (Å²) in [5.74, 6) is 1.25. The molecular formula is C28H27BrClN7O2. The third-order valence-corrected chi connectivity index (χ3v) is 8.41. The molecule has 39 heavy (non-hydrogen) atoms. The van der Waals surface area contributed by atoms with Gasteiger partial charge in [0.25, 0.3) is 5.91 Å². The molecule has 6 rings (SSSR count). The van der Waals surface area contributed by atoms with Crippen molar-refractivity contribution in [3.63, 3.8) is 0 Å². The molecule has 1 amide bonds. The van der Waals surface area contributed by atoms with Gasteiger partial charge >= 0.3 is 0 Å². The smallest absolute Gasteiger partial charge is 0.273 e. The van der Waals surface area contributed by atoms with E-state index in [0.717, 1.165) is 88.9 Å². The Balaban J connectivity index is 1.55. The molecule has 2 aliphatic heterocycles. The second kappa shape index (κ2) is 10.9. The summed E-state index contributed by atoms with van der Waals surface area (Å²) >= 11 is 10.6. The molecule has 9 nitrogen and oxygen atoms in total. The van der Waals surface area contributed by atoms with Crippen LogP contribution >= 0.6 is 27.5 Å². The van der Waals surface area contributed by atoms with Crippen LogP contribution in [0.5, 0.6) is 0 Å². The van der Waals surface area contributed by atoms with E-state index in [2.05, 4.69) is 43.5 Å². The van der Waals surface area contributed by atoms with Gasteiger partial charge in [-0.2, -0.15) is 5.21 Å². The highest BCUT2D eigenvalue weighted by atomic mass is 79.9.